The van der Waals surface area contributed by atoms with Gasteiger partial charge in [0.2, 0.25) is 0 Å². The smallest absolute Gasteiger partial charge is 0.328 e. The van der Waals surface area contributed by atoms with Crippen molar-refractivity contribution in [3.8, 4) is 0 Å². The maximum Gasteiger partial charge on any atom is 0.416 e. The Hall–Kier alpha value is -0.550. The molecule has 1 atom stereocenters. The summed E-state index contributed by atoms with van der Waals surface area (Å²) in [5.41, 5.74) is 5.48. The van der Waals surface area contributed by atoms with Gasteiger partial charge in [-0.2, -0.15) is 13.2 Å². The van der Waals surface area contributed by atoms with Gasteiger partial charge >= 0.3 is 6.18 Å². The lowest BCUT2D eigenvalue weighted by Gasteiger charge is -2.11. The fourth-order valence-electron chi connectivity index (χ4n) is 1.30. The van der Waals surface area contributed by atoms with E-state index in [-0.39, 0.29) is 6.04 Å². The molecule has 1 rings (SSSR count). The Morgan fingerprint density at radius 2 is 1.93 bits per heavy atom. The minimum absolute atomic E-state index is 0.152. The van der Waals surface area contributed by atoms with Gasteiger partial charge in [-0.1, -0.05) is 15.9 Å². The molecule has 0 saturated heterocycles. The van der Waals surface area contributed by atoms with Crippen molar-refractivity contribution in [3.63, 3.8) is 0 Å². The zero-order valence-electron chi connectivity index (χ0n) is 8.11. The highest BCUT2D eigenvalue weighted by molar-refractivity contribution is 9.10. The topological polar surface area (TPSA) is 26.0 Å². The fraction of sp³-hybridized carbons (Fsp3) is 0.400. The minimum Gasteiger partial charge on any atom is -0.328 e. The van der Waals surface area contributed by atoms with Crippen LogP contribution < -0.4 is 5.73 Å². The van der Waals surface area contributed by atoms with E-state index in [0.717, 1.165) is 12.1 Å². The molecule has 15 heavy (non-hydrogen) atoms. The highest BCUT2D eigenvalue weighted by Gasteiger charge is 2.30. The lowest BCUT2D eigenvalue weighted by molar-refractivity contribution is -0.137. The summed E-state index contributed by atoms with van der Waals surface area (Å²) in [6.07, 6.45) is -3.88. The molecule has 0 fully saturated rings. The Kier molecular flexibility index (Phi) is 3.78. The first kappa shape index (κ1) is 12.5. The van der Waals surface area contributed by atoms with Crippen molar-refractivity contribution < 1.29 is 13.2 Å². The van der Waals surface area contributed by atoms with Gasteiger partial charge < -0.3 is 5.73 Å². The normalized spacial score (nSPS) is 14.0. The highest BCUT2D eigenvalue weighted by atomic mass is 79.9. The Bertz CT molecular complexity index is 347. The lowest BCUT2D eigenvalue weighted by Crippen LogP contribution is -2.18. The molecular formula is C10H11BrF3N. The maximum atomic E-state index is 12.4. The summed E-state index contributed by atoms with van der Waals surface area (Å²) in [5, 5.41) is 0. The van der Waals surface area contributed by atoms with E-state index in [9.17, 15) is 13.2 Å². The van der Waals surface area contributed by atoms with Crippen molar-refractivity contribution in [1.29, 1.82) is 0 Å². The number of hydrogen-bond donors (Lipinski definition) is 1. The molecule has 1 nitrogen and oxygen atoms in total. The Labute approximate surface area is 94.6 Å². The fourth-order valence-corrected chi connectivity index (χ4v) is 1.84. The quantitative estimate of drug-likeness (QED) is 0.884. The van der Waals surface area contributed by atoms with E-state index in [2.05, 4.69) is 15.9 Å². The summed E-state index contributed by atoms with van der Waals surface area (Å²) in [4.78, 5) is 0. The molecule has 0 aliphatic rings. The average Bonchev–Trinajstić information content (AvgIpc) is 1.99. The van der Waals surface area contributed by atoms with Gasteiger partial charge in [0.1, 0.15) is 0 Å². The molecule has 0 bridgehead atoms. The van der Waals surface area contributed by atoms with Gasteiger partial charge in [-0.05, 0) is 37.1 Å². The predicted octanol–water partition coefficient (Wildman–Crippen LogP) is 3.36. The van der Waals surface area contributed by atoms with E-state index in [1.807, 2.05) is 0 Å². The first-order valence-electron chi connectivity index (χ1n) is 4.41. The molecular weight excluding hydrogens is 271 g/mol. The highest BCUT2D eigenvalue weighted by Crippen LogP contribution is 2.32. The van der Waals surface area contributed by atoms with Crippen LogP contribution in [0.3, 0.4) is 0 Å². The number of alkyl halides is 3. The zero-order valence-corrected chi connectivity index (χ0v) is 9.69. The summed E-state index contributed by atoms with van der Waals surface area (Å²) < 4.78 is 37.7. The summed E-state index contributed by atoms with van der Waals surface area (Å²) in [6.45, 7) is 1.76. The van der Waals surface area contributed by atoms with Gasteiger partial charge in [-0.15, -0.1) is 0 Å². The lowest BCUT2D eigenvalue weighted by atomic mass is 10.0. The maximum absolute atomic E-state index is 12.4. The molecule has 0 spiro atoms. The van der Waals surface area contributed by atoms with Gasteiger partial charge in [0.15, 0.2) is 0 Å². The van der Waals surface area contributed by atoms with Gasteiger partial charge in [-0.3, -0.25) is 0 Å². The summed E-state index contributed by atoms with van der Waals surface area (Å²) in [6, 6.07) is 3.69. The Morgan fingerprint density at radius 1 is 1.33 bits per heavy atom. The molecule has 1 aromatic rings. The first-order valence-corrected chi connectivity index (χ1v) is 5.20. The molecule has 5 heteroatoms. The van der Waals surface area contributed by atoms with E-state index in [1.165, 1.54) is 0 Å². The van der Waals surface area contributed by atoms with E-state index in [4.69, 9.17) is 5.73 Å². The minimum atomic E-state index is -4.31. The number of benzene rings is 1. The molecule has 0 radical (unpaired) electrons. The van der Waals surface area contributed by atoms with Crippen LogP contribution in [0.4, 0.5) is 13.2 Å². The van der Waals surface area contributed by atoms with Crippen LogP contribution in [0.15, 0.2) is 22.7 Å². The van der Waals surface area contributed by atoms with E-state index in [0.29, 0.717) is 16.5 Å². The van der Waals surface area contributed by atoms with Gasteiger partial charge in [0, 0.05) is 10.5 Å². The van der Waals surface area contributed by atoms with E-state index in [1.54, 1.807) is 13.0 Å². The van der Waals surface area contributed by atoms with Crippen molar-refractivity contribution in [2.75, 3.05) is 0 Å². The first-order chi connectivity index (χ1) is 6.79. The van der Waals surface area contributed by atoms with Crippen LogP contribution in [0.5, 0.6) is 0 Å². The van der Waals surface area contributed by atoms with Crippen LogP contribution >= 0.6 is 15.9 Å². The van der Waals surface area contributed by atoms with Crippen molar-refractivity contribution in [2.24, 2.45) is 5.73 Å². The predicted molar refractivity (Wildman–Crippen MR) is 56.5 cm³/mol. The molecule has 1 aromatic carbocycles. The van der Waals surface area contributed by atoms with Gasteiger partial charge in [0.05, 0.1) is 5.56 Å². The van der Waals surface area contributed by atoms with Crippen molar-refractivity contribution in [2.45, 2.75) is 25.6 Å². The second-order valence-electron chi connectivity index (χ2n) is 3.53. The third kappa shape index (κ3) is 3.83. The molecule has 0 saturated carbocycles. The van der Waals surface area contributed by atoms with Gasteiger partial charge in [0.25, 0.3) is 0 Å². The molecule has 0 aliphatic heterocycles. The second-order valence-corrected chi connectivity index (χ2v) is 4.44. The number of hydrogen-bond acceptors (Lipinski definition) is 1. The summed E-state index contributed by atoms with van der Waals surface area (Å²) in [7, 11) is 0. The molecule has 0 amide bonds. The van der Waals surface area contributed by atoms with Crippen LogP contribution in [0.1, 0.15) is 18.1 Å². The van der Waals surface area contributed by atoms with E-state index >= 15 is 0 Å². The third-order valence-corrected chi connectivity index (χ3v) is 2.30. The molecule has 2 N–H and O–H groups in total. The zero-order chi connectivity index (χ0) is 11.6. The standard InChI is InChI=1S/C10H11BrF3N/c1-6(15)2-7-3-8(10(12,13)14)5-9(11)4-7/h3-6H,2,15H2,1H3/t6-/m1/s1. The van der Waals surface area contributed by atoms with Crippen LogP contribution in [-0.4, -0.2) is 6.04 Å². The van der Waals surface area contributed by atoms with E-state index < -0.39 is 11.7 Å². The number of nitrogens with two attached hydrogens (primary N) is 1. The number of rotatable bonds is 2. The van der Waals surface area contributed by atoms with Crippen LogP contribution in [0, 0.1) is 0 Å². The van der Waals surface area contributed by atoms with Gasteiger partial charge in [-0.25, -0.2) is 0 Å². The molecule has 0 heterocycles. The second kappa shape index (κ2) is 4.53. The van der Waals surface area contributed by atoms with Crippen molar-refractivity contribution in [3.05, 3.63) is 33.8 Å². The molecule has 0 aromatic heterocycles. The third-order valence-electron chi connectivity index (χ3n) is 1.84. The summed E-state index contributed by atoms with van der Waals surface area (Å²) >= 11 is 3.05. The Balaban J connectivity index is 3.06. The molecule has 84 valence electrons. The molecule has 0 unspecified atom stereocenters. The SMILES string of the molecule is C[C@@H](N)Cc1cc(Br)cc(C(F)(F)F)c1. The largest absolute Gasteiger partial charge is 0.416 e. The summed E-state index contributed by atoms with van der Waals surface area (Å²) in [5.74, 6) is 0. The monoisotopic (exact) mass is 281 g/mol. The van der Waals surface area contributed by atoms with Crippen molar-refractivity contribution >= 4 is 15.9 Å². The van der Waals surface area contributed by atoms with Crippen LogP contribution in [-0.2, 0) is 12.6 Å². The molecule has 0 aliphatic carbocycles. The Morgan fingerprint density at radius 3 is 2.40 bits per heavy atom. The number of halogens is 4. The average molecular weight is 282 g/mol. The van der Waals surface area contributed by atoms with Crippen LogP contribution in [0.2, 0.25) is 0 Å². The van der Waals surface area contributed by atoms with Crippen molar-refractivity contribution in [1.82, 2.24) is 0 Å². The van der Waals surface area contributed by atoms with Crippen LogP contribution in [0.25, 0.3) is 0 Å².